The maximum atomic E-state index is 10.6. The molecular weight excluding hydrogens is 346 g/mol. The molecule has 0 bridgehead atoms. The summed E-state index contributed by atoms with van der Waals surface area (Å²) in [6.07, 6.45) is 2.16. The van der Waals surface area contributed by atoms with E-state index in [1.807, 2.05) is 7.05 Å². The second kappa shape index (κ2) is 5.45. The van der Waals surface area contributed by atoms with Gasteiger partial charge >= 0.3 is 0 Å². The van der Waals surface area contributed by atoms with Gasteiger partial charge < -0.3 is 10.0 Å². The van der Waals surface area contributed by atoms with Crippen LogP contribution in [0.1, 0.15) is 27.2 Å². The molecule has 7 heteroatoms. The number of aromatic nitrogens is 4. The standard InChI is InChI=1S/C15H22BrN5O/c1-15(2,3)9-5-6-21(7-10(9)22)14-11-12(16)19-20(4)13(11)17-8-18-14/h8-10,22H,5-7H2,1-4H3. The fraction of sp³-hybridized carbons (Fsp3) is 0.667. The van der Waals surface area contributed by atoms with Crippen LogP contribution >= 0.6 is 15.9 Å². The Balaban J connectivity index is 1.94. The zero-order valence-corrected chi connectivity index (χ0v) is 15.0. The number of halogens is 1. The molecule has 2 unspecified atom stereocenters. The van der Waals surface area contributed by atoms with Crippen LogP contribution in [0.5, 0.6) is 0 Å². The quantitative estimate of drug-likeness (QED) is 0.837. The minimum absolute atomic E-state index is 0.112. The summed E-state index contributed by atoms with van der Waals surface area (Å²) in [7, 11) is 1.87. The van der Waals surface area contributed by atoms with Crippen LogP contribution in [-0.4, -0.2) is 44.0 Å². The van der Waals surface area contributed by atoms with E-state index in [1.165, 1.54) is 0 Å². The van der Waals surface area contributed by atoms with E-state index < -0.39 is 0 Å². The minimum atomic E-state index is -0.353. The van der Waals surface area contributed by atoms with E-state index in [2.05, 4.69) is 56.7 Å². The lowest BCUT2D eigenvalue weighted by molar-refractivity contribution is 0.0292. The van der Waals surface area contributed by atoms with Crippen molar-refractivity contribution in [1.82, 2.24) is 19.7 Å². The van der Waals surface area contributed by atoms with Crippen LogP contribution in [0.3, 0.4) is 0 Å². The van der Waals surface area contributed by atoms with Gasteiger partial charge in [0.15, 0.2) is 5.65 Å². The molecule has 3 rings (SSSR count). The molecule has 0 amide bonds. The second-order valence-corrected chi connectivity index (χ2v) is 7.84. The largest absolute Gasteiger partial charge is 0.391 e. The number of anilines is 1. The van der Waals surface area contributed by atoms with Gasteiger partial charge in [-0.3, -0.25) is 0 Å². The molecule has 2 aromatic rings. The molecule has 0 saturated carbocycles. The van der Waals surface area contributed by atoms with E-state index in [4.69, 9.17) is 0 Å². The number of nitrogens with zero attached hydrogens (tertiary/aromatic N) is 5. The molecule has 1 fully saturated rings. The average Bonchev–Trinajstić information content (AvgIpc) is 2.73. The predicted molar refractivity (Wildman–Crippen MR) is 89.8 cm³/mol. The first-order valence-electron chi connectivity index (χ1n) is 7.55. The van der Waals surface area contributed by atoms with E-state index >= 15 is 0 Å². The van der Waals surface area contributed by atoms with E-state index in [-0.39, 0.29) is 11.5 Å². The van der Waals surface area contributed by atoms with Crippen LogP contribution in [0.2, 0.25) is 0 Å². The molecule has 0 aromatic carbocycles. The van der Waals surface area contributed by atoms with Gasteiger partial charge in [-0.05, 0) is 33.7 Å². The zero-order valence-electron chi connectivity index (χ0n) is 13.4. The highest BCUT2D eigenvalue weighted by atomic mass is 79.9. The Morgan fingerprint density at radius 3 is 2.68 bits per heavy atom. The summed E-state index contributed by atoms with van der Waals surface area (Å²) in [4.78, 5) is 10.9. The number of piperidine rings is 1. The molecular formula is C15H22BrN5O. The van der Waals surface area contributed by atoms with Crippen molar-refractivity contribution in [2.24, 2.45) is 18.4 Å². The van der Waals surface area contributed by atoms with Crippen molar-refractivity contribution in [1.29, 1.82) is 0 Å². The van der Waals surface area contributed by atoms with Gasteiger partial charge in [-0.2, -0.15) is 5.10 Å². The molecule has 1 aliphatic heterocycles. The van der Waals surface area contributed by atoms with Crippen molar-refractivity contribution in [2.45, 2.75) is 33.3 Å². The molecule has 22 heavy (non-hydrogen) atoms. The molecule has 6 nitrogen and oxygen atoms in total. The molecule has 1 saturated heterocycles. The molecule has 3 heterocycles. The molecule has 0 aliphatic carbocycles. The Bertz CT molecular complexity index is 693. The van der Waals surface area contributed by atoms with Gasteiger partial charge in [0, 0.05) is 20.1 Å². The highest BCUT2D eigenvalue weighted by molar-refractivity contribution is 9.10. The Hall–Kier alpha value is -1.21. The topological polar surface area (TPSA) is 67.1 Å². The SMILES string of the molecule is Cn1nc(Br)c2c(N3CCC(C(C)(C)C)C(O)C3)ncnc21. The highest BCUT2D eigenvalue weighted by Gasteiger charge is 2.36. The van der Waals surface area contributed by atoms with E-state index in [9.17, 15) is 5.11 Å². The summed E-state index contributed by atoms with van der Waals surface area (Å²) in [6.45, 7) is 8.05. The molecule has 2 atom stereocenters. The summed E-state index contributed by atoms with van der Waals surface area (Å²) < 4.78 is 2.48. The van der Waals surface area contributed by atoms with Gasteiger partial charge in [0.25, 0.3) is 0 Å². The van der Waals surface area contributed by atoms with Crippen LogP contribution in [-0.2, 0) is 7.05 Å². The lowest BCUT2D eigenvalue weighted by Gasteiger charge is -2.42. The number of fused-ring (bicyclic) bond motifs is 1. The first-order valence-corrected chi connectivity index (χ1v) is 8.34. The smallest absolute Gasteiger partial charge is 0.164 e. The first-order chi connectivity index (χ1) is 10.3. The molecule has 1 N–H and O–H groups in total. The molecule has 2 aromatic heterocycles. The van der Waals surface area contributed by atoms with Crippen molar-refractivity contribution in [3.8, 4) is 0 Å². The normalized spacial score (nSPS) is 23.3. The Morgan fingerprint density at radius 2 is 2.05 bits per heavy atom. The van der Waals surface area contributed by atoms with Crippen molar-refractivity contribution in [3.05, 3.63) is 10.9 Å². The van der Waals surface area contributed by atoms with E-state index in [1.54, 1.807) is 11.0 Å². The van der Waals surface area contributed by atoms with Crippen molar-refractivity contribution in [3.63, 3.8) is 0 Å². The summed E-state index contributed by atoms with van der Waals surface area (Å²) in [5.74, 6) is 1.15. The predicted octanol–water partition coefficient (Wildman–Crippen LogP) is 2.36. The molecule has 0 radical (unpaired) electrons. The summed E-state index contributed by atoms with van der Waals surface area (Å²) >= 11 is 3.49. The lowest BCUT2D eigenvalue weighted by Crippen LogP contribution is -2.48. The number of aryl methyl sites for hydroxylation is 1. The summed E-state index contributed by atoms with van der Waals surface area (Å²) in [6, 6.07) is 0. The van der Waals surface area contributed by atoms with Crippen LogP contribution in [0.4, 0.5) is 5.82 Å². The third-order valence-electron chi connectivity index (χ3n) is 4.55. The maximum absolute atomic E-state index is 10.6. The number of β-amino-alcohol motifs (C(OH)–C–C–N with tert-alkyl or cyclic N) is 1. The van der Waals surface area contributed by atoms with Crippen LogP contribution in [0, 0.1) is 11.3 Å². The highest BCUT2D eigenvalue weighted by Crippen LogP contribution is 2.37. The van der Waals surface area contributed by atoms with Gasteiger partial charge in [0.2, 0.25) is 0 Å². The van der Waals surface area contributed by atoms with Crippen LogP contribution < -0.4 is 4.90 Å². The monoisotopic (exact) mass is 367 g/mol. The van der Waals surface area contributed by atoms with Crippen molar-refractivity contribution < 1.29 is 5.11 Å². The minimum Gasteiger partial charge on any atom is -0.391 e. The average molecular weight is 368 g/mol. The summed E-state index contributed by atoms with van der Waals surface area (Å²) in [5.41, 5.74) is 0.908. The maximum Gasteiger partial charge on any atom is 0.164 e. The second-order valence-electron chi connectivity index (χ2n) is 7.08. The zero-order chi connectivity index (χ0) is 16.1. The molecule has 120 valence electrons. The van der Waals surface area contributed by atoms with Gasteiger partial charge in [-0.1, -0.05) is 20.8 Å². The lowest BCUT2D eigenvalue weighted by atomic mass is 9.73. The van der Waals surface area contributed by atoms with Crippen molar-refractivity contribution in [2.75, 3.05) is 18.0 Å². The third kappa shape index (κ3) is 2.60. The van der Waals surface area contributed by atoms with Gasteiger partial charge in [-0.15, -0.1) is 0 Å². The Morgan fingerprint density at radius 1 is 1.32 bits per heavy atom. The number of aliphatic hydroxyl groups is 1. The van der Waals surface area contributed by atoms with Crippen molar-refractivity contribution >= 4 is 32.8 Å². The van der Waals surface area contributed by atoms with Gasteiger partial charge in [0.1, 0.15) is 16.7 Å². The molecule has 0 spiro atoms. The Labute approximate surface area is 138 Å². The van der Waals surface area contributed by atoms with E-state index in [0.717, 1.165) is 34.4 Å². The van der Waals surface area contributed by atoms with Crippen LogP contribution in [0.15, 0.2) is 10.9 Å². The number of rotatable bonds is 1. The Kier molecular flexibility index (Phi) is 3.89. The third-order valence-corrected chi connectivity index (χ3v) is 5.11. The number of hydrogen-bond donors (Lipinski definition) is 1. The van der Waals surface area contributed by atoms with E-state index in [0.29, 0.717) is 12.5 Å². The van der Waals surface area contributed by atoms with Crippen LogP contribution in [0.25, 0.3) is 11.0 Å². The fourth-order valence-electron chi connectivity index (χ4n) is 3.40. The first kappa shape index (κ1) is 15.7. The molecule has 1 aliphatic rings. The van der Waals surface area contributed by atoms with Gasteiger partial charge in [0.05, 0.1) is 11.5 Å². The number of hydrogen-bond acceptors (Lipinski definition) is 5. The fourth-order valence-corrected chi connectivity index (χ4v) is 3.99. The number of aliphatic hydroxyl groups excluding tert-OH is 1. The van der Waals surface area contributed by atoms with Gasteiger partial charge in [-0.25, -0.2) is 14.6 Å². The summed E-state index contributed by atoms with van der Waals surface area (Å²) in [5, 5.41) is 15.8.